The average molecular weight is 318 g/mol. The molecule has 1 fully saturated rings. The van der Waals surface area contributed by atoms with Crippen LogP contribution in [-0.4, -0.2) is 55.5 Å². The Labute approximate surface area is 134 Å². The van der Waals surface area contributed by atoms with E-state index < -0.39 is 5.60 Å². The Hall–Kier alpha value is -2.38. The SMILES string of the molecule is CC(C)(C)OC(=O)N1CCC(Nc2ccc3nncn3n2)CC1. The third-order valence-electron chi connectivity index (χ3n) is 3.66. The number of amides is 1. The van der Waals surface area contributed by atoms with Crippen molar-refractivity contribution in [2.75, 3.05) is 18.4 Å². The lowest BCUT2D eigenvalue weighted by Crippen LogP contribution is -2.44. The summed E-state index contributed by atoms with van der Waals surface area (Å²) in [7, 11) is 0. The van der Waals surface area contributed by atoms with E-state index in [4.69, 9.17) is 4.74 Å². The van der Waals surface area contributed by atoms with E-state index >= 15 is 0 Å². The van der Waals surface area contributed by atoms with E-state index in [-0.39, 0.29) is 12.1 Å². The number of anilines is 1. The first-order chi connectivity index (χ1) is 10.9. The third kappa shape index (κ3) is 3.88. The first kappa shape index (κ1) is 15.5. The summed E-state index contributed by atoms with van der Waals surface area (Å²) in [5.41, 5.74) is 0.264. The van der Waals surface area contributed by atoms with Crippen LogP contribution in [0.15, 0.2) is 18.5 Å². The number of nitrogens with one attached hydrogen (secondary N) is 1. The number of rotatable bonds is 2. The number of carbonyl (C=O) groups excluding carboxylic acids is 1. The molecule has 1 N–H and O–H groups in total. The molecule has 1 amide bonds. The molecule has 23 heavy (non-hydrogen) atoms. The summed E-state index contributed by atoms with van der Waals surface area (Å²) in [6.45, 7) is 7.01. The van der Waals surface area contributed by atoms with Crippen LogP contribution in [-0.2, 0) is 4.74 Å². The van der Waals surface area contributed by atoms with Gasteiger partial charge in [0.25, 0.3) is 0 Å². The number of nitrogens with zero attached hydrogens (tertiary/aromatic N) is 5. The highest BCUT2D eigenvalue weighted by molar-refractivity contribution is 5.68. The molecular formula is C15H22N6O2. The van der Waals surface area contributed by atoms with Crippen LogP contribution in [0.3, 0.4) is 0 Å². The number of carbonyl (C=O) groups is 1. The number of fused-ring (bicyclic) bond motifs is 1. The van der Waals surface area contributed by atoms with E-state index in [9.17, 15) is 4.79 Å². The van der Waals surface area contributed by atoms with Gasteiger partial charge < -0.3 is 15.0 Å². The van der Waals surface area contributed by atoms with E-state index in [1.807, 2.05) is 32.9 Å². The van der Waals surface area contributed by atoms with Gasteiger partial charge in [-0.25, -0.2) is 4.79 Å². The molecule has 0 radical (unpaired) electrons. The Bertz CT molecular complexity index is 685. The maximum atomic E-state index is 12.0. The van der Waals surface area contributed by atoms with E-state index in [0.29, 0.717) is 13.1 Å². The van der Waals surface area contributed by atoms with Crippen LogP contribution >= 0.6 is 0 Å². The van der Waals surface area contributed by atoms with Crippen molar-refractivity contribution in [3.05, 3.63) is 18.5 Å². The Morgan fingerprint density at radius 1 is 1.30 bits per heavy atom. The normalized spacial score (nSPS) is 16.6. The van der Waals surface area contributed by atoms with Crippen molar-refractivity contribution >= 4 is 17.6 Å². The molecule has 0 aromatic carbocycles. The number of piperidine rings is 1. The topological polar surface area (TPSA) is 84.6 Å². The van der Waals surface area contributed by atoms with E-state index in [1.165, 1.54) is 0 Å². The Morgan fingerprint density at radius 2 is 2.04 bits per heavy atom. The minimum absolute atomic E-state index is 0.236. The predicted molar refractivity (Wildman–Crippen MR) is 85.2 cm³/mol. The first-order valence-electron chi connectivity index (χ1n) is 7.82. The van der Waals surface area contributed by atoms with Crippen molar-refractivity contribution in [3.8, 4) is 0 Å². The zero-order valence-corrected chi connectivity index (χ0v) is 13.7. The second-order valence-electron chi connectivity index (χ2n) is 6.74. The molecule has 2 aromatic heterocycles. The average Bonchev–Trinajstić information content (AvgIpc) is 2.94. The maximum Gasteiger partial charge on any atom is 0.410 e. The van der Waals surface area contributed by atoms with Gasteiger partial charge in [-0.1, -0.05) is 0 Å². The second kappa shape index (κ2) is 6.02. The molecule has 124 valence electrons. The van der Waals surface area contributed by atoms with Gasteiger partial charge >= 0.3 is 6.09 Å². The lowest BCUT2D eigenvalue weighted by atomic mass is 10.1. The van der Waals surface area contributed by atoms with Crippen molar-refractivity contribution in [2.24, 2.45) is 0 Å². The number of likely N-dealkylation sites (tertiary alicyclic amines) is 1. The third-order valence-corrected chi connectivity index (χ3v) is 3.66. The molecular weight excluding hydrogens is 296 g/mol. The van der Waals surface area contributed by atoms with Crippen molar-refractivity contribution < 1.29 is 9.53 Å². The van der Waals surface area contributed by atoms with Crippen molar-refractivity contribution in [1.29, 1.82) is 0 Å². The van der Waals surface area contributed by atoms with Crippen LogP contribution in [0.25, 0.3) is 5.65 Å². The molecule has 0 bridgehead atoms. The molecule has 8 nitrogen and oxygen atoms in total. The fourth-order valence-corrected chi connectivity index (χ4v) is 2.55. The predicted octanol–water partition coefficient (Wildman–Crippen LogP) is 1.94. The minimum atomic E-state index is -0.454. The highest BCUT2D eigenvalue weighted by Gasteiger charge is 2.26. The Kier molecular flexibility index (Phi) is 4.06. The Morgan fingerprint density at radius 3 is 2.74 bits per heavy atom. The van der Waals surface area contributed by atoms with E-state index in [0.717, 1.165) is 24.3 Å². The fourth-order valence-electron chi connectivity index (χ4n) is 2.55. The molecule has 0 saturated carbocycles. The van der Waals surface area contributed by atoms with Gasteiger partial charge in [-0.05, 0) is 45.7 Å². The highest BCUT2D eigenvalue weighted by atomic mass is 16.6. The summed E-state index contributed by atoms with van der Waals surface area (Å²) < 4.78 is 7.04. The van der Waals surface area contributed by atoms with Crippen LogP contribution in [0.1, 0.15) is 33.6 Å². The van der Waals surface area contributed by atoms with Crippen molar-refractivity contribution in [1.82, 2.24) is 24.7 Å². The van der Waals surface area contributed by atoms with Gasteiger partial charge in [0.2, 0.25) is 0 Å². The summed E-state index contributed by atoms with van der Waals surface area (Å²) in [5.74, 6) is 0.785. The quantitative estimate of drug-likeness (QED) is 0.911. The summed E-state index contributed by atoms with van der Waals surface area (Å²) >= 11 is 0. The lowest BCUT2D eigenvalue weighted by molar-refractivity contribution is 0.0210. The van der Waals surface area contributed by atoms with Gasteiger partial charge in [0.15, 0.2) is 5.65 Å². The molecule has 1 aliphatic heterocycles. The van der Waals surface area contributed by atoms with Crippen LogP contribution in [0.5, 0.6) is 0 Å². The van der Waals surface area contributed by atoms with E-state index in [1.54, 1.807) is 15.7 Å². The van der Waals surface area contributed by atoms with Gasteiger partial charge in [0.05, 0.1) is 0 Å². The molecule has 1 saturated heterocycles. The molecule has 3 rings (SSSR count). The molecule has 0 unspecified atom stereocenters. The van der Waals surface area contributed by atoms with Crippen LogP contribution < -0.4 is 5.32 Å². The van der Waals surface area contributed by atoms with Gasteiger partial charge in [-0.2, -0.15) is 4.52 Å². The van der Waals surface area contributed by atoms with Crippen LogP contribution in [0, 0.1) is 0 Å². The summed E-state index contributed by atoms with van der Waals surface area (Å²) in [4.78, 5) is 13.8. The number of aromatic nitrogens is 4. The van der Waals surface area contributed by atoms with Crippen molar-refractivity contribution in [3.63, 3.8) is 0 Å². The maximum absolute atomic E-state index is 12.0. The summed E-state index contributed by atoms with van der Waals surface area (Å²) in [6, 6.07) is 4.05. The van der Waals surface area contributed by atoms with Crippen LogP contribution in [0.2, 0.25) is 0 Å². The van der Waals surface area contributed by atoms with Gasteiger partial charge in [-0.3, -0.25) is 0 Å². The molecule has 1 aliphatic rings. The summed E-state index contributed by atoms with van der Waals surface area (Å²) in [6.07, 6.45) is 3.06. The zero-order valence-electron chi connectivity index (χ0n) is 13.7. The van der Waals surface area contributed by atoms with Gasteiger partial charge in [0.1, 0.15) is 17.7 Å². The largest absolute Gasteiger partial charge is 0.444 e. The molecule has 0 aliphatic carbocycles. The molecule has 2 aromatic rings. The Balaban J connectivity index is 1.53. The smallest absolute Gasteiger partial charge is 0.410 e. The van der Waals surface area contributed by atoms with Gasteiger partial charge in [-0.15, -0.1) is 15.3 Å². The molecule has 8 heteroatoms. The van der Waals surface area contributed by atoms with Gasteiger partial charge in [0, 0.05) is 19.1 Å². The van der Waals surface area contributed by atoms with E-state index in [2.05, 4.69) is 20.6 Å². The highest BCUT2D eigenvalue weighted by Crippen LogP contribution is 2.18. The molecule has 3 heterocycles. The summed E-state index contributed by atoms with van der Waals surface area (Å²) in [5, 5.41) is 15.6. The van der Waals surface area contributed by atoms with Crippen LogP contribution in [0.4, 0.5) is 10.6 Å². The standard InChI is InChI=1S/C15H22N6O2/c1-15(2,3)23-14(22)20-8-6-11(7-9-20)17-12-4-5-13-18-16-10-21(13)19-12/h4-5,10-11H,6-9H2,1-3H3,(H,17,19). The zero-order chi connectivity index (χ0) is 16.4. The fraction of sp³-hybridized carbons (Fsp3) is 0.600. The number of hydrogen-bond acceptors (Lipinski definition) is 6. The van der Waals surface area contributed by atoms with Crippen molar-refractivity contribution in [2.45, 2.75) is 45.3 Å². The minimum Gasteiger partial charge on any atom is -0.444 e. The monoisotopic (exact) mass is 318 g/mol. The number of ether oxygens (including phenoxy) is 1. The number of hydrogen-bond donors (Lipinski definition) is 1. The molecule has 0 atom stereocenters. The molecule has 0 spiro atoms. The lowest BCUT2D eigenvalue weighted by Gasteiger charge is -2.33. The second-order valence-corrected chi connectivity index (χ2v) is 6.74. The first-order valence-corrected chi connectivity index (χ1v) is 7.82.